The van der Waals surface area contributed by atoms with Gasteiger partial charge in [-0.05, 0) is 0 Å². The molecule has 2 heterocycles. The summed E-state index contributed by atoms with van der Waals surface area (Å²) in [6.07, 6.45) is -6.25. The number of aliphatic hydroxyl groups excluding tert-OH is 3. The Morgan fingerprint density at radius 1 is 1.15 bits per heavy atom. The lowest BCUT2D eigenvalue weighted by Gasteiger charge is -2.40. The molecule has 0 aromatic heterocycles. The highest BCUT2D eigenvalue weighted by Gasteiger charge is 2.42. The third-order valence-electron chi connectivity index (χ3n) is 4.71. The molecule has 0 spiro atoms. The van der Waals surface area contributed by atoms with E-state index in [-0.39, 0.29) is 26.2 Å². The van der Waals surface area contributed by atoms with Gasteiger partial charge in [-0.3, -0.25) is 4.18 Å². The van der Waals surface area contributed by atoms with E-state index in [2.05, 4.69) is 4.18 Å². The summed E-state index contributed by atoms with van der Waals surface area (Å²) in [6.45, 7) is 0.234. The zero-order valence-corrected chi connectivity index (χ0v) is 15.2. The molecule has 4 N–H and O–H groups in total. The van der Waals surface area contributed by atoms with E-state index >= 15 is 0 Å². The molecule has 0 radical (unpaired) electrons. The molecular formula is C16H23NO9S. The van der Waals surface area contributed by atoms with E-state index < -0.39 is 47.2 Å². The maximum absolute atomic E-state index is 11.0. The molecule has 2 aliphatic heterocycles. The first-order chi connectivity index (χ1) is 12.7. The van der Waals surface area contributed by atoms with Gasteiger partial charge in [0.05, 0.1) is 6.61 Å². The predicted molar refractivity (Wildman–Crippen MR) is 88.2 cm³/mol. The van der Waals surface area contributed by atoms with Crippen LogP contribution in [0.4, 0.5) is 0 Å². The molecule has 2 saturated heterocycles. The summed E-state index contributed by atoms with van der Waals surface area (Å²) in [5.74, 6) is 0. The molecule has 152 valence electrons. The van der Waals surface area contributed by atoms with E-state index in [9.17, 15) is 28.3 Å². The topological polar surface area (TPSA) is 150 Å². The smallest absolute Gasteiger partial charge is 0.218 e. The van der Waals surface area contributed by atoms with Crippen molar-refractivity contribution >= 4 is 10.4 Å². The molecule has 1 aromatic rings. The summed E-state index contributed by atoms with van der Waals surface area (Å²) >= 11 is 0. The quantitative estimate of drug-likeness (QED) is 0.295. The zero-order chi connectivity index (χ0) is 19.6. The number of rotatable bonds is 5. The van der Waals surface area contributed by atoms with Gasteiger partial charge in [-0.2, -0.15) is 0 Å². The van der Waals surface area contributed by atoms with E-state index in [1.165, 1.54) is 0 Å². The summed E-state index contributed by atoms with van der Waals surface area (Å²) in [5.41, 5.74) is 0.718. The highest BCUT2D eigenvalue weighted by Crippen LogP contribution is 2.27. The highest BCUT2D eigenvalue weighted by atomic mass is 32.3. The van der Waals surface area contributed by atoms with Crippen molar-refractivity contribution in [1.29, 1.82) is 0 Å². The summed E-state index contributed by atoms with van der Waals surface area (Å²) < 4.78 is 49.0. The number of likely N-dealkylation sites (tertiary alicyclic amines) is 1. The predicted octanol–water partition coefficient (Wildman–Crippen LogP) is -3.07. The van der Waals surface area contributed by atoms with Crippen LogP contribution in [-0.2, 0) is 24.1 Å². The van der Waals surface area contributed by atoms with Crippen molar-refractivity contribution in [3.63, 3.8) is 0 Å². The fraction of sp³-hybridized carbons (Fsp3) is 0.625. The van der Waals surface area contributed by atoms with Crippen molar-refractivity contribution < 1.29 is 46.8 Å². The Hall–Kier alpha value is -1.15. The zero-order valence-electron chi connectivity index (χ0n) is 14.4. The Bertz CT molecular complexity index is 704. The van der Waals surface area contributed by atoms with Gasteiger partial charge in [-0.15, -0.1) is 0 Å². The normalized spacial score (nSPS) is 37.9. The Labute approximate surface area is 156 Å². The minimum Gasteiger partial charge on any atom is -0.726 e. The van der Waals surface area contributed by atoms with Gasteiger partial charge in [0.25, 0.3) is 0 Å². The average Bonchev–Trinajstić information content (AvgIpc) is 2.60. The van der Waals surface area contributed by atoms with Gasteiger partial charge in [0.15, 0.2) is 6.29 Å². The molecular weight excluding hydrogens is 382 g/mol. The Morgan fingerprint density at radius 2 is 1.78 bits per heavy atom. The Balaban J connectivity index is 1.73. The van der Waals surface area contributed by atoms with Gasteiger partial charge in [0, 0.05) is 5.56 Å². The highest BCUT2D eigenvalue weighted by molar-refractivity contribution is 7.80. The maximum atomic E-state index is 11.0. The number of piperidine rings is 1. The fourth-order valence-corrected chi connectivity index (χ4v) is 3.89. The molecule has 2 aliphatic rings. The lowest BCUT2D eigenvalue weighted by atomic mass is 10.0. The number of aliphatic hydroxyl groups is 3. The van der Waals surface area contributed by atoms with Gasteiger partial charge in [-0.1, -0.05) is 30.3 Å². The SMILES string of the molecule is O=S(=O)([O-])O[C@H]1COC(c2ccccc2)O[C@@H]1C[NH+]1C[C@@H](O)C(O)[C@@H](O)C1. The summed E-state index contributed by atoms with van der Waals surface area (Å²) in [7, 11) is -4.97. The molecule has 0 aliphatic carbocycles. The second-order valence-corrected chi connectivity index (χ2v) is 7.79. The van der Waals surface area contributed by atoms with Crippen LogP contribution in [0.25, 0.3) is 0 Å². The van der Waals surface area contributed by atoms with E-state index in [1.807, 2.05) is 6.07 Å². The minimum atomic E-state index is -4.97. The van der Waals surface area contributed by atoms with Crippen LogP contribution >= 0.6 is 0 Å². The number of nitrogens with one attached hydrogen (secondary N) is 1. The molecule has 27 heavy (non-hydrogen) atoms. The van der Waals surface area contributed by atoms with Crippen LogP contribution < -0.4 is 4.90 Å². The molecule has 0 amide bonds. The number of quaternary nitrogens is 1. The lowest BCUT2D eigenvalue weighted by molar-refractivity contribution is -0.917. The Morgan fingerprint density at radius 3 is 2.37 bits per heavy atom. The molecule has 0 saturated carbocycles. The summed E-state index contributed by atoms with van der Waals surface area (Å²) in [4.78, 5) is 0.677. The number of hydrogen-bond donors (Lipinski definition) is 4. The molecule has 3 unspecified atom stereocenters. The number of benzene rings is 1. The molecule has 2 fully saturated rings. The van der Waals surface area contributed by atoms with Crippen LogP contribution in [0.5, 0.6) is 0 Å². The van der Waals surface area contributed by atoms with Crippen molar-refractivity contribution in [2.45, 2.75) is 36.8 Å². The second kappa shape index (κ2) is 8.47. The Kier molecular flexibility index (Phi) is 6.46. The van der Waals surface area contributed by atoms with Crippen molar-refractivity contribution in [3.05, 3.63) is 35.9 Å². The molecule has 10 nitrogen and oxygen atoms in total. The van der Waals surface area contributed by atoms with Gasteiger partial charge in [-0.25, -0.2) is 8.42 Å². The standard InChI is InChI=1S/C16H23NO9S/c18-11-6-17(7-12(19)15(11)20)8-13-14(26-27(21,22)23)9-24-16(25-13)10-4-2-1-3-5-10/h1-5,11-16,18-20H,6-9H2,(H,21,22,23)/t11-,12+,13-,14+,15?,16?/m1/s1. The fourth-order valence-electron chi connectivity index (χ4n) is 3.40. The van der Waals surface area contributed by atoms with Crippen LogP contribution in [0, 0.1) is 0 Å². The number of ether oxygens (including phenoxy) is 2. The van der Waals surface area contributed by atoms with Gasteiger partial charge in [0.2, 0.25) is 10.4 Å². The van der Waals surface area contributed by atoms with E-state index in [1.54, 1.807) is 24.3 Å². The van der Waals surface area contributed by atoms with Crippen LogP contribution in [-0.4, -0.2) is 85.1 Å². The molecule has 3 rings (SSSR count). The summed E-state index contributed by atoms with van der Waals surface area (Å²) in [6, 6.07) is 8.99. The maximum Gasteiger partial charge on any atom is 0.218 e. The van der Waals surface area contributed by atoms with Gasteiger partial charge >= 0.3 is 0 Å². The third-order valence-corrected chi connectivity index (χ3v) is 5.19. The van der Waals surface area contributed by atoms with Crippen molar-refractivity contribution in [2.24, 2.45) is 0 Å². The third kappa shape index (κ3) is 5.44. The average molecular weight is 405 g/mol. The summed E-state index contributed by atoms with van der Waals surface area (Å²) in [5, 5.41) is 29.4. The molecule has 11 heteroatoms. The molecule has 0 bridgehead atoms. The largest absolute Gasteiger partial charge is 0.726 e. The lowest BCUT2D eigenvalue weighted by Crippen LogP contribution is -3.17. The van der Waals surface area contributed by atoms with Gasteiger partial charge in [0.1, 0.15) is 50.2 Å². The van der Waals surface area contributed by atoms with E-state index in [4.69, 9.17) is 9.47 Å². The van der Waals surface area contributed by atoms with Crippen LogP contribution in [0.15, 0.2) is 30.3 Å². The first-order valence-electron chi connectivity index (χ1n) is 8.57. The second-order valence-electron chi connectivity index (χ2n) is 6.78. The molecule has 1 aromatic carbocycles. The van der Waals surface area contributed by atoms with Gasteiger partial charge < -0.3 is 34.2 Å². The van der Waals surface area contributed by atoms with E-state index in [0.29, 0.717) is 4.90 Å². The van der Waals surface area contributed by atoms with Crippen LogP contribution in [0.2, 0.25) is 0 Å². The molecule has 7 atom stereocenters. The number of hydrogen-bond acceptors (Lipinski definition) is 9. The van der Waals surface area contributed by atoms with Crippen molar-refractivity contribution in [3.8, 4) is 0 Å². The monoisotopic (exact) mass is 405 g/mol. The first kappa shape index (κ1) is 20.6. The van der Waals surface area contributed by atoms with Crippen LogP contribution in [0.3, 0.4) is 0 Å². The first-order valence-corrected chi connectivity index (χ1v) is 9.90. The van der Waals surface area contributed by atoms with Crippen LogP contribution in [0.1, 0.15) is 11.9 Å². The van der Waals surface area contributed by atoms with Crippen molar-refractivity contribution in [2.75, 3.05) is 26.2 Å². The van der Waals surface area contributed by atoms with Crippen molar-refractivity contribution in [1.82, 2.24) is 0 Å². The van der Waals surface area contributed by atoms with E-state index in [0.717, 1.165) is 5.56 Å². The minimum absolute atomic E-state index is 0.131.